The molecule has 7 nitrogen and oxygen atoms in total. The molecule has 1 aromatic carbocycles. The van der Waals surface area contributed by atoms with Crippen molar-refractivity contribution in [2.45, 2.75) is 23.1 Å². The van der Waals surface area contributed by atoms with Gasteiger partial charge < -0.3 is 9.84 Å². The molecule has 1 aromatic heterocycles. The van der Waals surface area contributed by atoms with Gasteiger partial charge in [-0.2, -0.15) is 19.3 Å². The third-order valence-electron chi connectivity index (χ3n) is 4.13. The van der Waals surface area contributed by atoms with E-state index < -0.39 is 39.1 Å². The van der Waals surface area contributed by atoms with Crippen LogP contribution in [0.1, 0.15) is 29.0 Å². The molecule has 11 heteroatoms. The topological polar surface area (TPSA) is 119 Å². The molecule has 0 saturated heterocycles. The van der Waals surface area contributed by atoms with Gasteiger partial charge in [-0.25, -0.2) is 8.60 Å². The second-order valence-corrected chi connectivity index (χ2v) is 8.17. The Morgan fingerprint density at radius 1 is 1.32 bits per heavy atom. The normalized spacial score (nSPS) is 21.7. The van der Waals surface area contributed by atoms with Gasteiger partial charge in [-0.05, 0) is 12.1 Å². The second kappa shape index (κ2) is 6.78. The number of ether oxygens (including phenoxy) is 1. The third-order valence-corrected chi connectivity index (χ3v) is 5.73. The van der Waals surface area contributed by atoms with Gasteiger partial charge in [-0.15, -0.1) is 4.36 Å². The first-order chi connectivity index (χ1) is 13.1. The summed E-state index contributed by atoms with van der Waals surface area (Å²) in [4.78, 5) is 3.37. The summed E-state index contributed by atoms with van der Waals surface area (Å²) in [5, 5.41) is 27.6. The highest BCUT2D eigenvalue weighted by Crippen LogP contribution is 2.57. The minimum Gasteiger partial charge on any atom is -0.455 e. The lowest BCUT2D eigenvalue weighted by atomic mass is 10.1. The van der Waals surface area contributed by atoms with Crippen molar-refractivity contribution in [3.05, 3.63) is 47.3 Å². The Kier molecular flexibility index (Phi) is 4.75. The fourth-order valence-corrected chi connectivity index (χ4v) is 4.08. The van der Waals surface area contributed by atoms with E-state index in [0.29, 0.717) is 0 Å². The highest BCUT2D eigenvalue weighted by atomic mass is 32.2. The Labute approximate surface area is 157 Å². The monoisotopic (exact) mass is 408 g/mol. The van der Waals surface area contributed by atoms with Crippen molar-refractivity contribution in [3.8, 4) is 23.8 Å². The summed E-state index contributed by atoms with van der Waals surface area (Å²) in [7, 11) is -3.50. The standard InChI is InChI=1S/C17H11F3N4O3S/c1-28(26,24-8-22)12-3-2-11(27-10-4-9(5-21)6-23-7-10)13-14(12)16(25)17(19,20)15(13)18/h2-4,6-7,15-16,25H,1H3/t15?,16-,28+/m0/s1. The van der Waals surface area contributed by atoms with E-state index in [2.05, 4.69) is 9.35 Å². The quantitative estimate of drug-likeness (QED) is 0.778. The van der Waals surface area contributed by atoms with Crippen LogP contribution in [-0.2, 0) is 9.73 Å². The molecule has 0 bridgehead atoms. The zero-order valence-corrected chi connectivity index (χ0v) is 15.0. The number of rotatable bonds is 3. The van der Waals surface area contributed by atoms with Crippen molar-refractivity contribution in [2.24, 2.45) is 4.36 Å². The number of benzene rings is 1. The van der Waals surface area contributed by atoms with Crippen molar-refractivity contribution in [1.29, 1.82) is 10.5 Å². The van der Waals surface area contributed by atoms with Gasteiger partial charge in [0.1, 0.15) is 23.7 Å². The smallest absolute Gasteiger partial charge is 0.312 e. The molecule has 0 radical (unpaired) electrons. The lowest BCUT2D eigenvalue weighted by molar-refractivity contribution is -0.143. The minimum absolute atomic E-state index is 0.0233. The van der Waals surface area contributed by atoms with E-state index in [1.54, 1.807) is 0 Å². The fourth-order valence-electron chi connectivity index (χ4n) is 2.87. The Morgan fingerprint density at radius 2 is 2.04 bits per heavy atom. The molecule has 1 heterocycles. The van der Waals surface area contributed by atoms with Crippen LogP contribution in [0.5, 0.6) is 11.5 Å². The molecule has 1 N–H and O–H groups in total. The number of hydrogen-bond acceptors (Lipinski definition) is 7. The Morgan fingerprint density at radius 3 is 2.68 bits per heavy atom. The number of hydrogen-bond donors (Lipinski definition) is 1. The number of alkyl halides is 3. The summed E-state index contributed by atoms with van der Waals surface area (Å²) in [6.07, 6.45) is -0.777. The molecular weight excluding hydrogens is 397 g/mol. The largest absolute Gasteiger partial charge is 0.455 e. The molecule has 1 aliphatic rings. The number of nitriles is 2. The first-order valence-electron chi connectivity index (χ1n) is 7.63. The second-order valence-electron chi connectivity index (χ2n) is 5.95. The number of nitrogens with zero attached hydrogens (tertiary/aromatic N) is 4. The molecule has 1 unspecified atom stereocenters. The molecule has 0 fully saturated rings. The third kappa shape index (κ3) is 3.05. The number of halogens is 3. The van der Waals surface area contributed by atoms with Crippen molar-refractivity contribution in [3.63, 3.8) is 0 Å². The van der Waals surface area contributed by atoms with Crippen LogP contribution < -0.4 is 4.74 Å². The molecule has 1 aliphatic carbocycles. The lowest BCUT2D eigenvalue weighted by Gasteiger charge is -2.16. The molecule has 0 saturated carbocycles. The predicted octanol–water partition coefficient (Wildman–Crippen LogP) is 3.38. The van der Waals surface area contributed by atoms with Gasteiger partial charge in [0, 0.05) is 29.6 Å². The number of pyridine rings is 1. The van der Waals surface area contributed by atoms with Gasteiger partial charge >= 0.3 is 5.92 Å². The van der Waals surface area contributed by atoms with E-state index in [0.717, 1.165) is 18.4 Å². The molecular formula is C17H11F3N4O3S. The van der Waals surface area contributed by atoms with Crippen molar-refractivity contribution in [2.75, 3.05) is 6.26 Å². The van der Waals surface area contributed by atoms with E-state index in [1.165, 1.54) is 24.7 Å². The van der Waals surface area contributed by atoms with E-state index in [-0.39, 0.29) is 22.0 Å². The summed E-state index contributed by atoms with van der Waals surface area (Å²) in [5.74, 6) is -4.60. The molecule has 144 valence electrons. The minimum atomic E-state index is -4.20. The van der Waals surface area contributed by atoms with Crippen molar-refractivity contribution < 1.29 is 27.2 Å². The number of aliphatic hydroxyl groups excluding tert-OH is 1. The summed E-state index contributed by atoms with van der Waals surface area (Å²) >= 11 is 0. The van der Waals surface area contributed by atoms with Crippen LogP contribution in [0.3, 0.4) is 0 Å². The van der Waals surface area contributed by atoms with Crippen LogP contribution >= 0.6 is 0 Å². The van der Waals surface area contributed by atoms with Crippen LogP contribution in [0, 0.1) is 22.8 Å². The van der Waals surface area contributed by atoms with Crippen molar-refractivity contribution >= 4 is 9.73 Å². The highest BCUT2D eigenvalue weighted by molar-refractivity contribution is 7.93. The molecule has 0 aliphatic heterocycles. The van der Waals surface area contributed by atoms with Gasteiger partial charge in [0.15, 0.2) is 6.17 Å². The van der Waals surface area contributed by atoms with Crippen molar-refractivity contribution in [1.82, 2.24) is 4.98 Å². The maximum Gasteiger partial charge on any atom is 0.312 e. The highest BCUT2D eigenvalue weighted by Gasteiger charge is 2.58. The average Bonchev–Trinajstić information content (AvgIpc) is 2.83. The average molecular weight is 408 g/mol. The fraction of sp³-hybridized carbons (Fsp3) is 0.235. The SMILES string of the molecule is C[S@](=O)(=NC#N)c1ccc(Oc2cncc(C#N)c2)c2c1[C@H](O)C(F)(F)C2F. The number of fused-ring (bicyclic) bond motifs is 1. The van der Waals surface area contributed by atoms with Gasteiger partial charge in [-0.3, -0.25) is 4.98 Å². The number of aromatic nitrogens is 1. The van der Waals surface area contributed by atoms with Crippen LogP contribution in [-0.4, -0.2) is 26.5 Å². The number of aliphatic hydroxyl groups is 1. The van der Waals surface area contributed by atoms with E-state index in [1.807, 2.05) is 6.07 Å². The van der Waals surface area contributed by atoms with Gasteiger partial charge in [0.25, 0.3) is 0 Å². The molecule has 0 spiro atoms. The predicted molar refractivity (Wildman–Crippen MR) is 89.6 cm³/mol. The maximum absolute atomic E-state index is 14.6. The molecule has 2 aromatic rings. The van der Waals surface area contributed by atoms with Crippen LogP contribution in [0.4, 0.5) is 13.2 Å². The van der Waals surface area contributed by atoms with Gasteiger partial charge in [0.05, 0.1) is 26.4 Å². The van der Waals surface area contributed by atoms with Crippen LogP contribution in [0.25, 0.3) is 0 Å². The van der Waals surface area contributed by atoms with E-state index >= 15 is 0 Å². The van der Waals surface area contributed by atoms with Gasteiger partial charge in [-0.1, -0.05) is 0 Å². The summed E-state index contributed by atoms with van der Waals surface area (Å²) in [6, 6.07) is 5.25. The summed E-state index contributed by atoms with van der Waals surface area (Å²) < 4.78 is 64.2. The zero-order chi connectivity index (χ0) is 20.7. The first-order valence-corrected chi connectivity index (χ1v) is 9.55. The van der Waals surface area contributed by atoms with Crippen LogP contribution in [0.15, 0.2) is 39.9 Å². The molecule has 28 heavy (non-hydrogen) atoms. The Balaban J connectivity index is 2.24. The Hall–Kier alpha value is -3.15. The molecule has 0 amide bonds. The zero-order valence-electron chi connectivity index (χ0n) is 14.1. The maximum atomic E-state index is 14.6. The van der Waals surface area contributed by atoms with Gasteiger partial charge in [0.2, 0.25) is 6.19 Å². The lowest BCUT2D eigenvalue weighted by Crippen LogP contribution is -2.24. The van der Waals surface area contributed by atoms with E-state index in [9.17, 15) is 22.5 Å². The molecule has 3 rings (SSSR count). The summed E-state index contributed by atoms with van der Waals surface area (Å²) in [6.45, 7) is 0. The first kappa shape index (κ1) is 19.6. The van der Waals surface area contributed by atoms with E-state index in [4.69, 9.17) is 15.3 Å². The van der Waals surface area contributed by atoms with Crippen LogP contribution in [0.2, 0.25) is 0 Å². The Bertz CT molecular complexity index is 1160. The summed E-state index contributed by atoms with van der Waals surface area (Å²) in [5.41, 5.74) is -1.21. The molecule has 3 atom stereocenters.